The van der Waals surface area contributed by atoms with Crippen LogP contribution < -0.4 is 9.64 Å². The minimum Gasteiger partial charge on any atom is -0.487 e. The zero-order chi connectivity index (χ0) is 24.3. The second-order valence-corrected chi connectivity index (χ2v) is 9.11. The molecule has 3 heterocycles. The van der Waals surface area contributed by atoms with Gasteiger partial charge in [-0.15, -0.1) is 0 Å². The fourth-order valence-electron chi connectivity index (χ4n) is 3.85. The molecule has 1 aliphatic heterocycles. The van der Waals surface area contributed by atoms with Crippen LogP contribution in [0.1, 0.15) is 45.0 Å². The van der Waals surface area contributed by atoms with Crippen LogP contribution in [0.25, 0.3) is 11.1 Å². The van der Waals surface area contributed by atoms with Gasteiger partial charge in [0.25, 0.3) is 0 Å². The molecule has 0 bridgehead atoms. The van der Waals surface area contributed by atoms with Crippen LogP contribution in [0.4, 0.5) is 14.7 Å². The van der Waals surface area contributed by atoms with Gasteiger partial charge in [0, 0.05) is 43.4 Å². The Balaban J connectivity index is 1.35. The van der Waals surface area contributed by atoms with Crippen LogP contribution in [0, 0.1) is 17.6 Å². The number of rotatable bonds is 7. The molecule has 0 amide bonds. The first-order chi connectivity index (χ1) is 16.2. The summed E-state index contributed by atoms with van der Waals surface area (Å²) in [5.41, 5.74) is 0.641. The molecule has 1 fully saturated rings. The molecule has 0 aliphatic carbocycles. The highest BCUT2D eigenvalue weighted by Gasteiger charge is 2.23. The number of ether oxygens (including phenoxy) is 1. The van der Waals surface area contributed by atoms with Crippen molar-refractivity contribution in [3.63, 3.8) is 0 Å². The molecule has 0 saturated carbocycles. The highest BCUT2D eigenvalue weighted by molar-refractivity contribution is 5.63. The molecule has 9 heteroatoms. The average Bonchev–Trinajstić information content (AvgIpc) is 2.83. The van der Waals surface area contributed by atoms with Crippen molar-refractivity contribution in [2.75, 3.05) is 24.6 Å². The second kappa shape index (κ2) is 9.97. The van der Waals surface area contributed by atoms with Crippen molar-refractivity contribution < 1.29 is 18.6 Å². The molecular formula is C25H29F2N5O2. The Labute approximate surface area is 197 Å². The summed E-state index contributed by atoms with van der Waals surface area (Å²) in [7, 11) is 0. The summed E-state index contributed by atoms with van der Waals surface area (Å²) in [6, 6.07) is 2.42. The number of aromatic nitrogens is 4. The van der Waals surface area contributed by atoms with Crippen LogP contribution in [0.5, 0.6) is 5.75 Å². The topological polar surface area (TPSA) is 84.3 Å². The van der Waals surface area contributed by atoms with Gasteiger partial charge in [-0.1, -0.05) is 6.92 Å². The minimum absolute atomic E-state index is 0.187. The summed E-state index contributed by atoms with van der Waals surface area (Å²) < 4.78 is 35.0. The van der Waals surface area contributed by atoms with E-state index < -0.39 is 17.2 Å². The molecule has 0 unspecified atom stereocenters. The molecule has 0 radical (unpaired) electrons. The number of hydrogen-bond acceptors (Lipinski definition) is 7. The molecule has 180 valence electrons. The van der Waals surface area contributed by atoms with Crippen molar-refractivity contribution in [2.24, 2.45) is 5.92 Å². The molecule has 1 aromatic carbocycles. The number of hydrogen-bond donors (Lipinski definition) is 1. The van der Waals surface area contributed by atoms with Crippen molar-refractivity contribution in [1.29, 1.82) is 0 Å². The highest BCUT2D eigenvalue weighted by atomic mass is 19.1. The van der Waals surface area contributed by atoms with Gasteiger partial charge in [0.2, 0.25) is 5.95 Å². The molecule has 3 aromatic rings. The largest absolute Gasteiger partial charge is 0.487 e. The zero-order valence-electron chi connectivity index (χ0n) is 19.6. The van der Waals surface area contributed by atoms with Crippen molar-refractivity contribution in [2.45, 2.75) is 45.6 Å². The third kappa shape index (κ3) is 5.47. The number of benzene rings is 1. The molecule has 1 N–H and O–H groups in total. The molecular weight excluding hydrogens is 440 g/mol. The smallest absolute Gasteiger partial charge is 0.225 e. The van der Waals surface area contributed by atoms with Crippen LogP contribution in [0.2, 0.25) is 0 Å². The van der Waals surface area contributed by atoms with Crippen LogP contribution in [-0.2, 0) is 12.0 Å². The van der Waals surface area contributed by atoms with Gasteiger partial charge < -0.3 is 14.7 Å². The first kappa shape index (κ1) is 23.9. The molecule has 7 nitrogen and oxygen atoms in total. The van der Waals surface area contributed by atoms with E-state index in [1.54, 1.807) is 13.8 Å². The lowest BCUT2D eigenvalue weighted by atomic mass is 9.98. The summed E-state index contributed by atoms with van der Waals surface area (Å²) in [6.07, 6.45) is 9.11. The summed E-state index contributed by atoms with van der Waals surface area (Å²) in [5, 5.41) is 9.96. The first-order valence-corrected chi connectivity index (χ1v) is 11.5. The van der Waals surface area contributed by atoms with Crippen LogP contribution in [0.15, 0.2) is 36.9 Å². The zero-order valence-corrected chi connectivity index (χ0v) is 19.6. The van der Waals surface area contributed by atoms with Crippen molar-refractivity contribution in [1.82, 2.24) is 19.9 Å². The van der Waals surface area contributed by atoms with E-state index in [4.69, 9.17) is 4.74 Å². The maximum absolute atomic E-state index is 14.7. The maximum Gasteiger partial charge on any atom is 0.225 e. The normalized spacial score (nSPS) is 14.9. The molecule has 0 atom stereocenters. The summed E-state index contributed by atoms with van der Waals surface area (Å²) in [6.45, 7) is 6.96. The van der Waals surface area contributed by atoms with Gasteiger partial charge in [-0.05, 0) is 62.3 Å². The Morgan fingerprint density at radius 2 is 1.56 bits per heavy atom. The van der Waals surface area contributed by atoms with Crippen LogP contribution >= 0.6 is 0 Å². The first-order valence-electron chi connectivity index (χ1n) is 11.5. The lowest BCUT2D eigenvalue weighted by Crippen LogP contribution is -2.36. The molecule has 4 rings (SSSR count). The van der Waals surface area contributed by atoms with Crippen molar-refractivity contribution in [3.8, 4) is 16.9 Å². The predicted octanol–water partition coefficient (Wildman–Crippen LogP) is 4.30. The minimum atomic E-state index is -1.20. The Morgan fingerprint density at radius 3 is 2.09 bits per heavy atom. The third-order valence-electron chi connectivity index (χ3n) is 5.99. The van der Waals surface area contributed by atoms with Gasteiger partial charge in [-0.25, -0.2) is 28.7 Å². The summed E-state index contributed by atoms with van der Waals surface area (Å²) in [4.78, 5) is 19.2. The average molecular weight is 470 g/mol. The van der Waals surface area contributed by atoms with E-state index in [0.717, 1.165) is 37.9 Å². The molecule has 1 saturated heterocycles. The number of aliphatic hydroxyl groups is 1. The fourth-order valence-corrected chi connectivity index (χ4v) is 3.85. The van der Waals surface area contributed by atoms with Gasteiger partial charge in [-0.2, -0.15) is 0 Å². The standard InChI is InChI=1S/C25H29F2N5O2/c1-4-16-11-30-24(31-12-16)32-7-5-17(6-8-32)15-34-22-20(26)9-18(10-21(22)27)19-13-28-23(29-14-19)25(2,3)33/h9-14,17,33H,4-8,15H2,1-3H3. The van der Waals surface area contributed by atoms with Gasteiger partial charge in [0.15, 0.2) is 23.2 Å². The third-order valence-corrected chi connectivity index (χ3v) is 5.99. The van der Waals surface area contributed by atoms with E-state index in [0.29, 0.717) is 17.1 Å². The highest BCUT2D eigenvalue weighted by Crippen LogP contribution is 2.30. The number of halogens is 2. The fraction of sp³-hybridized carbons (Fsp3) is 0.440. The van der Waals surface area contributed by atoms with Gasteiger partial charge in [-0.3, -0.25) is 0 Å². The van der Waals surface area contributed by atoms with Crippen LogP contribution in [-0.4, -0.2) is 44.7 Å². The summed E-state index contributed by atoms with van der Waals surface area (Å²) >= 11 is 0. The Kier molecular flexibility index (Phi) is 7.02. The van der Waals surface area contributed by atoms with E-state index in [1.807, 2.05) is 12.4 Å². The van der Waals surface area contributed by atoms with E-state index in [2.05, 4.69) is 31.8 Å². The molecule has 34 heavy (non-hydrogen) atoms. The molecule has 0 spiro atoms. The quantitative estimate of drug-likeness (QED) is 0.552. The Bertz CT molecular complexity index is 1090. The maximum atomic E-state index is 14.7. The van der Waals surface area contributed by atoms with E-state index in [1.165, 1.54) is 24.5 Å². The van der Waals surface area contributed by atoms with E-state index in [9.17, 15) is 13.9 Å². The van der Waals surface area contributed by atoms with E-state index in [-0.39, 0.29) is 24.1 Å². The molecule has 2 aromatic heterocycles. The number of nitrogens with zero attached hydrogens (tertiary/aromatic N) is 5. The monoisotopic (exact) mass is 469 g/mol. The van der Waals surface area contributed by atoms with Crippen LogP contribution in [0.3, 0.4) is 0 Å². The van der Waals surface area contributed by atoms with Crippen molar-refractivity contribution in [3.05, 3.63) is 59.9 Å². The number of piperidine rings is 1. The lowest BCUT2D eigenvalue weighted by Gasteiger charge is -2.31. The van der Waals surface area contributed by atoms with Gasteiger partial charge in [0.1, 0.15) is 5.60 Å². The van der Waals surface area contributed by atoms with E-state index >= 15 is 0 Å². The Hall–Kier alpha value is -3.20. The SMILES string of the molecule is CCc1cnc(N2CCC(COc3c(F)cc(-c4cnc(C(C)(C)O)nc4)cc3F)CC2)nc1. The predicted molar refractivity (Wildman–Crippen MR) is 124 cm³/mol. The Morgan fingerprint density at radius 1 is 0.971 bits per heavy atom. The lowest BCUT2D eigenvalue weighted by molar-refractivity contribution is 0.0687. The number of anilines is 1. The van der Waals surface area contributed by atoms with Crippen molar-refractivity contribution >= 4 is 5.95 Å². The second-order valence-electron chi connectivity index (χ2n) is 9.11. The number of aryl methyl sites for hydroxylation is 1. The van der Waals surface area contributed by atoms with Gasteiger partial charge in [0.05, 0.1) is 6.61 Å². The van der Waals surface area contributed by atoms with Gasteiger partial charge >= 0.3 is 0 Å². The summed E-state index contributed by atoms with van der Waals surface area (Å²) in [5.74, 6) is -0.797. The molecule has 1 aliphatic rings.